The fourth-order valence-electron chi connectivity index (χ4n) is 3.21. The third-order valence-corrected chi connectivity index (χ3v) is 4.63. The quantitative estimate of drug-likeness (QED) is 0.264. The molecule has 0 aliphatic rings. The first-order chi connectivity index (χ1) is 13.6. The molecule has 0 atom stereocenters. The Hall–Kier alpha value is -2.60. The van der Waals surface area contributed by atoms with Crippen LogP contribution in [0.25, 0.3) is 10.9 Å². The smallest absolute Gasteiger partial charge is 0.191 e. The highest BCUT2D eigenvalue weighted by molar-refractivity contribution is 14.0. The Kier molecular flexibility index (Phi) is 8.46. The van der Waals surface area contributed by atoms with E-state index in [1.807, 2.05) is 25.1 Å². The molecular weight excluding hydrogens is 480 g/mol. The van der Waals surface area contributed by atoms with Gasteiger partial charge < -0.3 is 15.6 Å². The van der Waals surface area contributed by atoms with E-state index in [9.17, 15) is 4.39 Å². The van der Waals surface area contributed by atoms with Gasteiger partial charge >= 0.3 is 0 Å². The third kappa shape index (κ3) is 5.70. The number of nitrogens with one attached hydrogen (secondary N) is 3. The predicted octanol–water partition coefficient (Wildman–Crippen LogP) is 4.40. The number of nitrogens with zero attached hydrogens (tertiary/aromatic N) is 2. The molecule has 3 N–H and O–H groups in total. The summed E-state index contributed by atoms with van der Waals surface area (Å²) in [5.74, 6) is 0.233. The van der Waals surface area contributed by atoms with Gasteiger partial charge in [-0.3, -0.25) is 0 Å². The third-order valence-electron chi connectivity index (χ3n) is 4.63. The number of aromatic amines is 1. The van der Waals surface area contributed by atoms with Crippen LogP contribution in [0.2, 0.25) is 0 Å². The summed E-state index contributed by atoms with van der Waals surface area (Å²) in [5.41, 5.74) is 4.38. The SMILES string of the molecule is CCNC(=NCc1ccc(C#N)cc1F)NCCc1c(C)[nH]c2ccccc12.I. The molecule has 0 bridgehead atoms. The van der Waals surface area contributed by atoms with Crippen LogP contribution in [0, 0.1) is 24.1 Å². The highest BCUT2D eigenvalue weighted by atomic mass is 127. The summed E-state index contributed by atoms with van der Waals surface area (Å²) in [6.45, 7) is 5.71. The Balaban J connectivity index is 0.00000300. The zero-order valence-electron chi connectivity index (χ0n) is 16.6. The van der Waals surface area contributed by atoms with Crippen molar-refractivity contribution >= 4 is 40.8 Å². The zero-order chi connectivity index (χ0) is 19.9. The molecule has 0 saturated carbocycles. The first-order valence-electron chi connectivity index (χ1n) is 9.39. The van der Waals surface area contributed by atoms with Gasteiger partial charge in [0.25, 0.3) is 0 Å². The van der Waals surface area contributed by atoms with Crippen LogP contribution < -0.4 is 10.6 Å². The fourth-order valence-corrected chi connectivity index (χ4v) is 3.21. The summed E-state index contributed by atoms with van der Waals surface area (Å²) in [5, 5.41) is 16.6. The highest BCUT2D eigenvalue weighted by Gasteiger charge is 2.08. The Morgan fingerprint density at radius 3 is 2.72 bits per heavy atom. The highest BCUT2D eigenvalue weighted by Crippen LogP contribution is 2.21. The molecule has 0 fully saturated rings. The van der Waals surface area contributed by atoms with Gasteiger partial charge in [-0.05, 0) is 44.0 Å². The number of aromatic nitrogens is 1. The van der Waals surface area contributed by atoms with Crippen molar-refractivity contribution in [1.82, 2.24) is 15.6 Å². The second-order valence-electron chi connectivity index (χ2n) is 6.56. The van der Waals surface area contributed by atoms with Crippen LogP contribution in [-0.4, -0.2) is 24.0 Å². The van der Waals surface area contributed by atoms with Crippen LogP contribution in [0.15, 0.2) is 47.5 Å². The monoisotopic (exact) mass is 505 g/mol. The molecule has 0 unspecified atom stereocenters. The number of rotatable bonds is 6. The molecule has 0 aliphatic carbocycles. The van der Waals surface area contributed by atoms with Crippen molar-refractivity contribution in [2.75, 3.05) is 13.1 Å². The van der Waals surface area contributed by atoms with Gasteiger partial charge in [-0.25, -0.2) is 9.38 Å². The minimum atomic E-state index is -0.409. The second kappa shape index (κ2) is 10.8. The van der Waals surface area contributed by atoms with Crippen molar-refractivity contribution in [1.29, 1.82) is 5.26 Å². The van der Waals surface area contributed by atoms with Crippen molar-refractivity contribution in [2.45, 2.75) is 26.8 Å². The average Bonchev–Trinajstić information content (AvgIpc) is 3.02. The summed E-state index contributed by atoms with van der Waals surface area (Å²) >= 11 is 0. The van der Waals surface area contributed by atoms with Gasteiger partial charge in [0.05, 0.1) is 18.2 Å². The largest absolute Gasteiger partial charge is 0.358 e. The van der Waals surface area contributed by atoms with Crippen LogP contribution >= 0.6 is 24.0 Å². The summed E-state index contributed by atoms with van der Waals surface area (Å²) in [7, 11) is 0. The van der Waals surface area contributed by atoms with Crippen molar-refractivity contribution in [2.24, 2.45) is 4.99 Å². The first-order valence-corrected chi connectivity index (χ1v) is 9.39. The molecule has 2 aromatic carbocycles. The molecule has 152 valence electrons. The second-order valence-corrected chi connectivity index (χ2v) is 6.56. The summed E-state index contributed by atoms with van der Waals surface area (Å²) < 4.78 is 14.0. The van der Waals surface area contributed by atoms with Gasteiger partial charge in [0, 0.05) is 35.2 Å². The topological polar surface area (TPSA) is 76.0 Å². The molecule has 0 radical (unpaired) electrons. The van der Waals surface area contributed by atoms with Crippen molar-refractivity contribution in [3.63, 3.8) is 0 Å². The molecule has 29 heavy (non-hydrogen) atoms. The number of halogens is 2. The van der Waals surface area contributed by atoms with Crippen LogP contribution in [0.1, 0.15) is 29.3 Å². The molecule has 0 aliphatic heterocycles. The van der Waals surface area contributed by atoms with Gasteiger partial charge in [-0.1, -0.05) is 24.3 Å². The lowest BCUT2D eigenvalue weighted by Gasteiger charge is -2.12. The van der Waals surface area contributed by atoms with E-state index >= 15 is 0 Å². The van der Waals surface area contributed by atoms with Crippen LogP contribution in [0.4, 0.5) is 4.39 Å². The van der Waals surface area contributed by atoms with Gasteiger partial charge in [-0.15, -0.1) is 24.0 Å². The van der Waals surface area contributed by atoms with Crippen molar-refractivity contribution in [3.8, 4) is 6.07 Å². The number of benzene rings is 2. The van der Waals surface area contributed by atoms with E-state index in [0.717, 1.165) is 11.9 Å². The van der Waals surface area contributed by atoms with Crippen LogP contribution in [0.5, 0.6) is 0 Å². The number of H-pyrrole nitrogens is 1. The first kappa shape index (κ1) is 22.7. The number of guanidine groups is 1. The molecule has 7 heteroatoms. The molecular formula is C22H25FIN5. The minimum Gasteiger partial charge on any atom is -0.358 e. The number of nitriles is 1. The van der Waals surface area contributed by atoms with Crippen LogP contribution in [0.3, 0.4) is 0 Å². The molecule has 0 amide bonds. The standard InChI is InChI=1S/C22H24FN5.HI/c1-3-25-22(27-14-17-9-8-16(13-24)12-20(17)23)26-11-10-18-15(2)28-21-7-5-4-6-19(18)21;/h4-9,12,28H,3,10-11,14H2,1-2H3,(H2,25,26,27);1H. The molecule has 0 saturated heterocycles. The van der Waals surface area contributed by atoms with Gasteiger partial charge in [-0.2, -0.15) is 5.26 Å². The fraction of sp³-hybridized carbons (Fsp3) is 0.273. The Morgan fingerprint density at radius 1 is 1.21 bits per heavy atom. The van der Waals surface area contributed by atoms with E-state index in [1.165, 1.54) is 22.7 Å². The normalized spacial score (nSPS) is 11.0. The number of hydrogen-bond donors (Lipinski definition) is 3. The van der Waals surface area contributed by atoms with Gasteiger partial charge in [0.1, 0.15) is 5.82 Å². The van der Waals surface area contributed by atoms with Crippen molar-refractivity contribution in [3.05, 3.63) is 70.7 Å². The lowest BCUT2D eigenvalue weighted by atomic mass is 10.1. The minimum absolute atomic E-state index is 0. The van der Waals surface area contributed by atoms with E-state index in [4.69, 9.17) is 5.26 Å². The number of fused-ring (bicyclic) bond motifs is 1. The molecule has 3 aromatic rings. The lowest BCUT2D eigenvalue weighted by molar-refractivity contribution is 0.609. The molecule has 3 rings (SSSR count). The number of aryl methyl sites for hydroxylation is 1. The number of para-hydroxylation sites is 1. The maximum Gasteiger partial charge on any atom is 0.191 e. The van der Waals surface area contributed by atoms with E-state index in [-0.39, 0.29) is 30.5 Å². The maximum absolute atomic E-state index is 14.0. The van der Waals surface area contributed by atoms with Crippen molar-refractivity contribution < 1.29 is 4.39 Å². The zero-order valence-corrected chi connectivity index (χ0v) is 18.9. The average molecular weight is 505 g/mol. The van der Waals surface area contributed by atoms with E-state index in [2.05, 4.69) is 39.7 Å². The number of hydrogen-bond acceptors (Lipinski definition) is 2. The molecule has 0 spiro atoms. The van der Waals surface area contributed by atoms with Gasteiger partial charge in [0.2, 0.25) is 0 Å². The Labute approximate surface area is 187 Å². The summed E-state index contributed by atoms with van der Waals surface area (Å²) in [4.78, 5) is 7.88. The Bertz CT molecular complexity index is 1040. The van der Waals surface area contributed by atoms with E-state index in [1.54, 1.807) is 12.1 Å². The predicted molar refractivity (Wildman–Crippen MR) is 126 cm³/mol. The maximum atomic E-state index is 14.0. The van der Waals surface area contributed by atoms with E-state index < -0.39 is 5.82 Å². The lowest BCUT2D eigenvalue weighted by Crippen LogP contribution is -2.38. The molecule has 5 nitrogen and oxygen atoms in total. The Morgan fingerprint density at radius 2 is 2.00 bits per heavy atom. The van der Waals surface area contributed by atoms with Gasteiger partial charge in [0.15, 0.2) is 5.96 Å². The molecule has 1 aromatic heterocycles. The number of aliphatic imine (C=N–C) groups is 1. The molecule has 1 heterocycles. The van der Waals surface area contributed by atoms with Crippen LogP contribution in [-0.2, 0) is 13.0 Å². The summed E-state index contributed by atoms with van der Waals surface area (Å²) in [6, 6.07) is 14.7. The summed E-state index contributed by atoms with van der Waals surface area (Å²) in [6.07, 6.45) is 0.853. The van der Waals surface area contributed by atoms with E-state index in [0.29, 0.717) is 30.2 Å².